The minimum Gasteiger partial charge on any atom is -0.549 e. The van der Waals surface area contributed by atoms with Gasteiger partial charge in [-0.25, -0.2) is 0 Å². The van der Waals surface area contributed by atoms with Crippen molar-refractivity contribution in [1.29, 1.82) is 0 Å². The Morgan fingerprint density at radius 2 is 1.04 bits per heavy atom. The van der Waals surface area contributed by atoms with Gasteiger partial charge in [0, 0.05) is 0 Å². The molecular weight excluding hydrogens is 369 g/mol. The van der Waals surface area contributed by atoms with Crippen LogP contribution in [-0.2, 0) is 29.8 Å². The molecule has 0 amide bonds. The molecule has 0 fully saturated rings. The summed E-state index contributed by atoms with van der Waals surface area (Å²) in [6.45, 7) is 3.22. The Bertz CT molecular complexity index is 516. The fourth-order valence-electron chi connectivity index (χ4n) is 1.30. The minimum atomic E-state index is -4.49. The molecule has 0 rings (SSSR count). The van der Waals surface area contributed by atoms with E-state index in [0.29, 0.717) is 12.8 Å². The van der Waals surface area contributed by atoms with Gasteiger partial charge in [-0.05, 0) is 12.8 Å². The number of carboxylic acid groups (broad SMARTS) is 2. The molecule has 2 N–H and O–H groups in total. The Morgan fingerprint density at radius 1 is 0.826 bits per heavy atom. The van der Waals surface area contributed by atoms with E-state index in [1.54, 1.807) is 13.8 Å². The molecule has 0 aliphatic heterocycles. The van der Waals surface area contributed by atoms with Gasteiger partial charge in [0.05, 0.1) is 11.9 Å². The largest absolute Gasteiger partial charge is 2.00 e. The van der Waals surface area contributed by atoms with Crippen LogP contribution in [0.3, 0.4) is 0 Å². The first-order valence-corrected chi connectivity index (χ1v) is 9.13. The summed E-state index contributed by atoms with van der Waals surface area (Å²) in [7, 11) is -8.98. The molecule has 0 aliphatic carbocycles. The second-order valence-corrected chi connectivity index (χ2v) is 7.42. The molecule has 0 aromatic heterocycles. The molecule has 2 unspecified atom stereocenters. The molecule has 0 saturated heterocycles. The Hall–Kier alpha value is -0.474. The molecule has 0 heterocycles. The molecular formula is C10H18MgO10S2. The molecule has 13 heteroatoms. The van der Waals surface area contributed by atoms with Gasteiger partial charge in [-0.2, -0.15) is 16.8 Å². The number of hydrogen-bond acceptors (Lipinski definition) is 8. The smallest absolute Gasteiger partial charge is 0.549 e. The maximum Gasteiger partial charge on any atom is 2.00 e. The average Bonchev–Trinajstić information content (AvgIpc) is 2.30. The van der Waals surface area contributed by atoms with Crippen LogP contribution < -0.4 is 10.2 Å². The van der Waals surface area contributed by atoms with Crippen molar-refractivity contribution < 1.29 is 45.7 Å². The first kappa shape index (κ1) is 27.4. The summed E-state index contributed by atoms with van der Waals surface area (Å²) in [5.74, 6) is -3.51. The van der Waals surface area contributed by atoms with Gasteiger partial charge in [0.15, 0.2) is 0 Å². The predicted molar refractivity (Wildman–Crippen MR) is 76.3 cm³/mol. The molecule has 23 heavy (non-hydrogen) atoms. The molecule has 0 bridgehead atoms. The summed E-state index contributed by atoms with van der Waals surface area (Å²) >= 11 is 0. The Kier molecular flexibility index (Phi) is 14.2. The number of carbonyl (C=O) groups is 2. The van der Waals surface area contributed by atoms with Crippen molar-refractivity contribution in [3.8, 4) is 0 Å². The molecule has 2 atom stereocenters. The molecule has 0 aliphatic rings. The quantitative estimate of drug-likeness (QED) is 0.325. The number of hydrogen-bond donors (Lipinski definition) is 2. The molecule has 0 aromatic carbocycles. The van der Waals surface area contributed by atoms with Crippen LogP contribution in [0.15, 0.2) is 0 Å². The summed E-state index contributed by atoms with van der Waals surface area (Å²) in [6.07, 6.45) is 0.471. The average molecular weight is 387 g/mol. The van der Waals surface area contributed by atoms with Crippen molar-refractivity contribution in [2.24, 2.45) is 0 Å². The monoisotopic (exact) mass is 386 g/mol. The van der Waals surface area contributed by atoms with Crippen molar-refractivity contribution in [2.75, 3.05) is 0 Å². The van der Waals surface area contributed by atoms with Crippen molar-refractivity contribution in [2.45, 2.75) is 50.0 Å². The van der Waals surface area contributed by atoms with Crippen LogP contribution in [0.5, 0.6) is 0 Å². The Labute approximate surface area is 150 Å². The van der Waals surface area contributed by atoms with Gasteiger partial charge in [-0.15, -0.1) is 0 Å². The second-order valence-electron chi connectivity index (χ2n) is 4.22. The van der Waals surface area contributed by atoms with Crippen LogP contribution in [0.4, 0.5) is 0 Å². The van der Waals surface area contributed by atoms with E-state index in [1.807, 2.05) is 0 Å². The first-order chi connectivity index (χ1) is 9.78. The maximum atomic E-state index is 10.3. The van der Waals surface area contributed by atoms with Crippen molar-refractivity contribution in [3.63, 3.8) is 0 Å². The Balaban J connectivity index is -0.000000333. The van der Waals surface area contributed by atoms with E-state index in [-0.39, 0.29) is 35.9 Å². The number of rotatable bonds is 8. The number of carbonyl (C=O) groups excluding carboxylic acids is 2. The van der Waals surface area contributed by atoms with E-state index < -0.39 is 42.7 Å². The zero-order chi connectivity index (χ0) is 18.1. The summed E-state index contributed by atoms with van der Waals surface area (Å²) in [5.41, 5.74) is 0. The normalized spacial score (nSPS) is 13.7. The van der Waals surface area contributed by atoms with Crippen LogP contribution in [0.2, 0.25) is 0 Å². The van der Waals surface area contributed by atoms with E-state index >= 15 is 0 Å². The van der Waals surface area contributed by atoms with Crippen LogP contribution >= 0.6 is 0 Å². The van der Waals surface area contributed by atoms with E-state index in [9.17, 15) is 36.6 Å². The van der Waals surface area contributed by atoms with Crippen LogP contribution in [-0.4, -0.2) is 71.4 Å². The van der Waals surface area contributed by atoms with Gasteiger partial charge in [-0.1, -0.05) is 26.7 Å². The van der Waals surface area contributed by atoms with Crippen molar-refractivity contribution in [3.05, 3.63) is 0 Å². The predicted octanol–water partition coefficient (Wildman–Crippen LogP) is -2.80. The minimum absolute atomic E-state index is 0. The summed E-state index contributed by atoms with van der Waals surface area (Å²) in [5, 5.41) is 16.6. The van der Waals surface area contributed by atoms with Gasteiger partial charge >= 0.3 is 23.1 Å². The molecule has 0 spiro atoms. The van der Waals surface area contributed by atoms with E-state index in [2.05, 4.69) is 0 Å². The standard InChI is InChI=1S/2C5H10O5S.Mg/c2*1-2-3-4(5(6)7)11(8,9)10;/h2*4H,2-3H2,1H3,(H,6,7)(H,8,9,10);/q;;+2/p-2. The van der Waals surface area contributed by atoms with Gasteiger partial charge < -0.3 is 19.8 Å². The van der Waals surface area contributed by atoms with Crippen molar-refractivity contribution in [1.82, 2.24) is 0 Å². The topological polar surface area (TPSA) is 189 Å². The third-order valence-electron chi connectivity index (χ3n) is 2.35. The summed E-state index contributed by atoms with van der Waals surface area (Å²) < 4.78 is 57.9. The number of carboxylic acids is 2. The summed E-state index contributed by atoms with van der Waals surface area (Å²) in [6, 6.07) is 0. The second kappa shape index (κ2) is 12.0. The Morgan fingerprint density at radius 3 is 1.09 bits per heavy atom. The fourth-order valence-corrected chi connectivity index (χ4v) is 2.85. The molecule has 10 nitrogen and oxygen atoms in total. The van der Waals surface area contributed by atoms with E-state index in [4.69, 9.17) is 9.11 Å². The third-order valence-corrected chi connectivity index (χ3v) is 4.64. The van der Waals surface area contributed by atoms with Crippen molar-refractivity contribution >= 4 is 55.2 Å². The van der Waals surface area contributed by atoms with Gasteiger partial charge in [0.2, 0.25) is 0 Å². The molecule has 0 saturated carbocycles. The fraction of sp³-hybridized carbons (Fsp3) is 0.800. The van der Waals surface area contributed by atoms with Gasteiger partial charge in [0.1, 0.15) is 10.5 Å². The molecule has 0 aromatic rings. The first-order valence-electron chi connectivity index (χ1n) is 6.13. The SMILES string of the molecule is CCCC(C(=O)[O-])S(=O)(=O)O.CCCC(C(=O)[O-])S(=O)(=O)O.[Mg+2]. The van der Waals surface area contributed by atoms with E-state index in [1.165, 1.54) is 0 Å². The van der Waals surface area contributed by atoms with Crippen LogP contribution in [0.25, 0.3) is 0 Å². The maximum absolute atomic E-state index is 10.3. The van der Waals surface area contributed by atoms with Gasteiger partial charge in [0.25, 0.3) is 20.2 Å². The number of aliphatic carboxylic acids is 2. The van der Waals surface area contributed by atoms with Crippen LogP contribution in [0, 0.1) is 0 Å². The zero-order valence-corrected chi connectivity index (χ0v) is 15.7. The molecule has 0 radical (unpaired) electrons. The summed E-state index contributed by atoms with van der Waals surface area (Å²) in [4.78, 5) is 20.2. The van der Waals surface area contributed by atoms with Crippen LogP contribution in [0.1, 0.15) is 39.5 Å². The third kappa shape index (κ3) is 12.6. The zero-order valence-electron chi connectivity index (χ0n) is 12.7. The van der Waals surface area contributed by atoms with Gasteiger partial charge in [-0.3, -0.25) is 9.11 Å². The van der Waals surface area contributed by atoms with E-state index in [0.717, 1.165) is 0 Å². The molecule has 132 valence electrons.